The second-order valence-electron chi connectivity index (χ2n) is 6.52. The Balaban J connectivity index is 1.82. The Morgan fingerprint density at radius 2 is 1.92 bits per heavy atom. The summed E-state index contributed by atoms with van der Waals surface area (Å²) in [4.78, 5) is 7.22. The van der Waals surface area contributed by atoms with Gasteiger partial charge >= 0.3 is 0 Å². The van der Waals surface area contributed by atoms with Gasteiger partial charge in [-0.15, -0.1) is 0 Å². The Hall–Kier alpha value is -1.95. The molecule has 0 bridgehead atoms. The quantitative estimate of drug-likeness (QED) is 0.521. The first-order valence-corrected chi connectivity index (χ1v) is 9.72. The first kappa shape index (κ1) is 20.4. The van der Waals surface area contributed by atoms with Gasteiger partial charge in [0, 0.05) is 19.6 Å². The van der Waals surface area contributed by atoms with Crippen molar-refractivity contribution in [3.8, 4) is 11.5 Å². The van der Waals surface area contributed by atoms with Crippen LogP contribution in [0.25, 0.3) is 0 Å². The van der Waals surface area contributed by atoms with Gasteiger partial charge in [-0.1, -0.05) is 6.42 Å². The van der Waals surface area contributed by atoms with Crippen LogP contribution >= 0.6 is 0 Å². The number of guanidine groups is 1. The summed E-state index contributed by atoms with van der Waals surface area (Å²) in [5, 5.41) is 6.74. The summed E-state index contributed by atoms with van der Waals surface area (Å²) in [6, 6.07) is 5.90. The maximum absolute atomic E-state index is 5.45. The fraction of sp³-hybridized carbons (Fsp3) is 0.650. The van der Waals surface area contributed by atoms with Crippen molar-refractivity contribution < 1.29 is 9.47 Å². The lowest BCUT2D eigenvalue weighted by atomic mass is 10.1. The molecule has 1 saturated heterocycles. The number of likely N-dealkylation sites (tertiary alicyclic amines) is 1. The number of aliphatic imine (C=N–C) groups is 1. The van der Waals surface area contributed by atoms with Crippen LogP contribution in [0, 0.1) is 0 Å². The molecule has 1 fully saturated rings. The Bertz CT molecular complexity index is 557. The predicted octanol–water partition coefficient (Wildman–Crippen LogP) is 2.29. The number of ether oxygens (including phenoxy) is 2. The van der Waals surface area contributed by atoms with Crippen LogP contribution in [0.3, 0.4) is 0 Å². The number of nitrogens with zero attached hydrogens (tertiary/aromatic N) is 2. The van der Waals surface area contributed by atoms with Crippen LogP contribution in [0.2, 0.25) is 0 Å². The largest absolute Gasteiger partial charge is 0.497 e. The van der Waals surface area contributed by atoms with E-state index >= 15 is 0 Å². The predicted molar refractivity (Wildman–Crippen MR) is 108 cm³/mol. The summed E-state index contributed by atoms with van der Waals surface area (Å²) in [7, 11) is 3.38. The SMILES string of the molecule is CCNC(=NCCN1CCCCC1)NCCc1cc(OC)ccc1OC. The highest BCUT2D eigenvalue weighted by atomic mass is 16.5. The van der Waals surface area contributed by atoms with Crippen molar-refractivity contribution in [1.82, 2.24) is 15.5 Å². The molecule has 2 rings (SSSR count). The molecule has 146 valence electrons. The maximum atomic E-state index is 5.45. The van der Waals surface area contributed by atoms with E-state index < -0.39 is 0 Å². The Labute approximate surface area is 158 Å². The van der Waals surface area contributed by atoms with E-state index in [1.807, 2.05) is 18.2 Å². The lowest BCUT2D eigenvalue weighted by Crippen LogP contribution is -2.39. The number of rotatable bonds is 9. The molecule has 1 aliphatic heterocycles. The number of hydrogen-bond acceptors (Lipinski definition) is 4. The fourth-order valence-corrected chi connectivity index (χ4v) is 3.22. The first-order valence-electron chi connectivity index (χ1n) is 9.72. The van der Waals surface area contributed by atoms with Crippen LogP contribution in [0.5, 0.6) is 11.5 Å². The number of hydrogen-bond donors (Lipinski definition) is 2. The van der Waals surface area contributed by atoms with Gasteiger partial charge in [-0.05, 0) is 63.0 Å². The van der Waals surface area contributed by atoms with Gasteiger partial charge in [0.1, 0.15) is 11.5 Å². The van der Waals surface area contributed by atoms with Crippen LogP contribution in [-0.4, -0.2) is 64.3 Å². The average Bonchev–Trinajstić information content (AvgIpc) is 2.68. The van der Waals surface area contributed by atoms with E-state index in [0.717, 1.165) is 55.6 Å². The third-order valence-electron chi connectivity index (χ3n) is 4.65. The molecule has 1 heterocycles. The normalized spacial score (nSPS) is 15.6. The lowest BCUT2D eigenvalue weighted by molar-refractivity contribution is 0.235. The van der Waals surface area contributed by atoms with E-state index in [1.165, 1.54) is 32.4 Å². The molecule has 0 atom stereocenters. The summed E-state index contributed by atoms with van der Waals surface area (Å²) in [6.07, 6.45) is 4.86. The van der Waals surface area contributed by atoms with Crippen molar-refractivity contribution in [2.75, 3.05) is 53.5 Å². The van der Waals surface area contributed by atoms with Crippen molar-refractivity contribution in [3.63, 3.8) is 0 Å². The van der Waals surface area contributed by atoms with Gasteiger partial charge in [0.05, 0.1) is 20.8 Å². The second kappa shape index (κ2) is 11.6. The average molecular weight is 363 g/mol. The Morgan fingerprint density at radius 1 is 1.12 bits per heavy atom. The molecule has 0 saturated carbocycles. The van der Waals surface area contributed by atoms with Crippen molar-refractivity contribution in [3.05, 3.63) is 23.8 Å². The minimum Gasteiger partial charge on any atom is -0.497 e. The van der Waals surface area contributed by atoms with Crippen molar-refractivity contribution in [1.29, 1.82) is 0 Å². The van der Waals surface area contributed by atoms with Gasteiger partial charge in [0.25, 0.3) is 0 Å². The smallest absolute Gasteiger partial charge is 0.191 e. The molecule has 0 spiro atoms. The zero-order valence-electron chi connectivity index (χ0n) is 16.5. The van der Waals surface area contributed by atoms with Gasteiger partial charge in [0.2, 0.25) is 0 Å². The molecular weight excluding hydrogens is 328 g/mol. The van der Waals surface area contributed by atoms with Gasteiger partial charge < -0.3 is 25.0 Å². The number of benzene rings is 1. The van der Waals surface area contributed by atoms with Crippen LogP contribution in [0.4, 0.5) is 0 Å². The van der Waals surface area contributed by atoms with E-state index in [0.29, 0.717) is 0 Å². The second-order valence-corrected chi connectivity index (χ2v) is 6.52. The maximum Gasteiger partial charge on any atom is 0.191 e. The first-order chi connectivity index (χ1) is 12.8. The van der Waals surface area contributed by atoms with Gasteiger partial charge in [-0.2, -0.15) is 0 Å². The van der Waals surface area contributed by atoms with E-state index in [1.54, 1.807) is 14.2 Å². The van der Waals surface area contributed by atoms with E-state index in [4.69, 9.17) is 14.5 Å². The third kappa shape index (κ3) is 6.75. The minimum atomic E-state index is 0.791. The van der Waals surface area contributed by atoms with Gasteiger partial charge in [-0.3, -0.25) is 4.99 Å². The summed E-state index contributed by atoms with van der Waals surface area (Å²) in [6.45, 7) is 8.05. The van der Waals surface area contributed by atoms with Crippen LogP contribution in [0.1, 0.15) is 31.7 Å². The highest BCUT2D eigenvalue weighted by Gasteiger charge is 2.09. The molecule has 1 aliphatic rings. The number of methoxy groups -OCH3 is 2. The molecule has 0 unspecified atom stereocenters. The molecule has 1 aromatic rings. The summed E-state index contributed by atoms with van der Waals surface area (Å²) < 4.78 is 10.8. The van der Waals surface area contributed by atoms with Crippen molar-refractivity contribution in [2.24, 2.45) is 4.99 Å². The summed E-state index contributed by atoms with van der Waals surface area (Å²) in [5.74, 6) is 2.62. The summed E-state index contributed by atoms with van der Waals surface area (Å²) in [5.41, 5.74) is 1.13. The topological polar surface area (TPSA) is 58.1 Å². The van der Waals surface area contributed by atoms with Crippen LogP contribution in [-0.2, 0) is 6.42 Å². The zero-order valence-corrected chi connectivity index (χ0v) is 16.5. The molecule has 0 radical (unpaired) electrons. The number of nitrogens with one attached hydrogen (secondary N) is 2. The van der Waals surface area contributed by atoms with Crippen molar-refractivity contribution >= 4 is 5.96 Å². The van der Waals surface area contributed by atoms with Crippen molar-refractivity contribution in [2.45, 2.75) is 32.6 Å². The Kier molecular flexibility index (Phi) is 9.10. The summed E-state index contributed by atoms with van der Waals surface area (Å²) >= 11 is 0. The highest BCUT2D eigenvalue weighted by Crippen LogP contribution is 2.24. The Morgan fingerprint density at radius 3 is 2.62 bits per heavy atom. The van der Waals surface area contributed by atoms with Gasteiger partial charge in [-0.25, -0.2) is 0 Å². The molecule has 0 amide bonds. The molecule has 26 heavy (non-hydrogen) atoms. The van der Waals surface area contributed by atoms with Crippen LogP contribution < -0.4 is 20.1 Å². The zero-order chi connectivity index (χ0) is 18.6. The highest BCUT2D eigenvalue weighted by molar-refractivity contribution is 5.79. The standard InChI is InChI=1S/C20H34N4O2/c1-4-21-20(23-12-15-24-13-6-5-7-14-24)22-11-10-17-16-18(25-2)8-9-19(17)26-3/h8-9,16H,4-7,10-15H2,1-3H3,(H2,21,22,23). The third-order valence-corrected chi connectivity index (χ3v) is 4.65. The van der Waals surface area contributed by atoms with E-state index in [9.17, 15) is 0 Å². The molecule has 6 nitrogen and oxygen atoms in total. The van der Waals surface area contributed by atoms with E-state index in [2.05, 4.69) is 22.5 Å². The molecule has 0 aromatic heterocycles. The molecule has 0 aliphatic carbocycles. The fourth-order valence-electron chi connectivity index (χ4n) is 3.22. The van der Waals surface area contributed by atoms with Gasteiger partial charge in [0.15, 0.2) is 5.96 Å². The monoisotopic (exact) mass is 362 g/mol. The molecule has 6 heteroatoms. The molecular formula is C20H34N4O2. The minimum absolute atomic E-state index is 0.791. The van der Waals surface area contributed by atoms with Crippen LogP contribution in [0.15, 0.2) is 23.2 Å². The van der Waals surface area contributed by atoms with E-state index in [-0.39, 0.29) is 0 Å². The lowest BCUT2D eigenvalue weighted by Gasteiger charge is -2.25. The number of piperidine rings is 1. The molecule has 1 aromatic carbocycles. The molecule has 2 N–H and O–H groups in total.